The van der Waals surface area contributed by atoms with E-state index in [0.29, 0.717) is 12.0 Å². The third kappa shape index (κ3) is 4.08. The molecule has 0 saturated heterocycles. The molecular formula is C17H30N2O. The van der Waals surface area contributed by atoms with Crippen LogP contribution in [-0.2, 0) is 6.42 Å². The summed E-state index contributed by atoms with van der Waals surface area (Å²) in [5.74, 6) is 0.482. The van der Waals surface area contributed by atoms with Crippen molar-refractivity contribution in [3.8, 4) is 0 Å². The lowest BCUT2D eigenvalue weighted by atomic mass is 9.91. The van der Waals surface area contributed by atoms with Gasteiger partial charge in [0.1, 0.15) is 0 Å². The lowest BCUT2D eigenvalue weighted by molar-refractivity contribution is 0.0974. The molecule has 1 N–H and O–H groups in total. The van der Waals surface area contributed by atoms with Gasteiger partial charge in [0.25, 0.3) is 0 Å². The fraction of sp³-hybridized carbons (Fsp3) is 0.824. The minimum atomic E-state index is -0.210. The zero-order chi connectivity index (χ0) is 14.4. The molecule has 3 nitrogen and oxygen atoms in total. The van der Waals surface area contributed by atoms with Crippen molar-refractivity contribution in [2.45, 2.75) is 83.8 Å². The van der Waals surface area contributed by atoms with E-state index in [-0.39, 0.29) is 6.10 Å². The minimum absolute atomic E-state index is 0.210. The van der Waals surface area contributed by atoms with Crippen molar-refractivity contribution in [3.05, 3.63) is 18.0 Å². The summed E-state index contributed by atoms with van der Waals surface area (Å²) in [4.78, 5) is 0. The summed E-state index contributed by atoms with van der Waals surface area (Å²) in [6.45, 7) is 4.41. The van der Waals surface area contributed by atoms with Gasteiger partial charge < -0.3 is 5.11 Å². The zero-order valence-corrected chi connectivity index (χ0v) is 13.1. The van der Waals surface area contributed by atoms with Crippen LogP contribution in [0.25, 0.3) is 0 Å². The van der Waals surface area contributed by atoms with Gasteiger partial charge >= 0.3 is 0 Å². The first-order chi connectivity index (χ1) is 9.74. The van der Waals surface area contributed by atoms with Crippen molar-refractivity contribution in [2.75, 3.05) is 0 Å². The third-order valence-corrected chi connectivity index (χ3v) is 4.84. The number of hydrogen-bond donors (Lipinski definition) is 1. The molecule has 0 aliphatic heterocycles. The Morgan fingerprint density at radius 3 is 2.45 bits per heavy atom. The van der Waals surface area contributed by atoms with Gasteiger partial charge in [-0.3, -0.25) is 4.68 Å². The topological polar surface area (TPSA) is 38.0 Å². The maximum Gasteiger partial charge on any atom is 0.0650 e. The predicted molar refractivity (Wildman–Crippen MR) is 82.7 cm³/mol. The summed E-state index contributed by atoms with van der Waals surface area (Å²) in [6.07, 6.45) is 12.4. The van der Waals surface area contributed by atoms with Crippen LogP contribution >= 0.6 is 0 Å². The Kier molecular flexibility index (Phi) is 6.08. The van der Waals surface area contributed by atoms with Gasteiger partial charge in [-0.15, -0.1) is 0 Å². The summed E-state index contributed by atoms with van der Waals surface area (Å²) < 4.78 is 2.08. The SMILES string of the molecule is CCC(CC)n1ccc(CC(O)C2CCCCCC2)n1. The molecule has 2 rings (SSSR count). The van der Waals surface area contributed by atoms with Crippen LogP contribution in [-0.4, -0.2) is 21.0 Å². The molecule has 1 fully saturated rings. The molecule has 3 heteroatoms. The van der Waals surface area contributed by atoms with Crippen LogP contribution in [0.1, 0.15) is 76.9 Å². The summed E-state index contributed by atoms with van der Waals surface area (Å²) in [7, 11) is 0. The van der Waals surface area contributed by atoms with E-state index < -0.39 is 0 Å². The average Bonchev–Trinajstić information content (AvgIpc) is 2.75. The van der Waals surface area contributed by atoms with Crippen molar-refractivity contribution < 1.29 is 5.11 Å². The minimum Gasteiger partial charge on any atom is -0.392 e. The maximum absolute atomic E-state index is 10.5. The van der Waals surface area contributed by atoms with Crippen LogP contribution in [0.3, 0.4) is 0 Å². The third-order valence-electron chi connectivity index (χ3n) is 4.84. The van der Waals surface area contributed by atoms with E-state index >= 15 is 0 Å². The van der Waals surface area contributed by atoms with Gasteiger partial charge in [-0.05, 0) is 37.7 Å². The molecule has 1 aliphatic rings. The van der Waals surface area contributed by atoms with E-state index in [1.54, 1.807) is 0 Å². The Morgan fingerprint density at radius 2 is 1.85 bits per heavy atom. The second-order valence-corrected chi connectivity index (χ2v) is 6.28. The first-order valence-corrected chi connectivity index (χ1v) is 8.46. The highest BCUT2D eigenvalue weighted by atomic mass is 16.3. The fourth-order valence-electron chi connectivity index (χ4n) is 3.43. The number of aliphatic hydroxyl groups is 1. The van der Waals surface area contributed by atoms with Gasteiger partial charge in [0.05, 0.1) is 17.8 Å². The Labute approximate surface area is 123 Å². The van der Waals surface area contributed by atoms with Crippen molar-refractivity contribution in [1.82, 2.24) is 9.78 Å². The van der Waals surface area contributed by atoms with Gasteiger partial charge in [0, 0.05) is 12.6 Å². The summed E-state index contributed by atoms with van der Waals surface area (Å²) >= 11 is 0. The molecule has 1 unspecified atom stereocenters. The first-order valence-electron chi connectivity index (χ1n) is 8.46. The van der Waals surface area contributed by atoms with Crippen molar-refractivity contribution in [2.24, 2.45) is 5.92 Å². The van der Waals surface area contributed by atoms with Crippen molar-refractivity contribution in [1.29, 1.82) is 0 Å². The Morgan fingerprint density at radius 1 is 1.20 bits per heavy atom. The van der Waals surface area contributed by atoms with E-state index in [2.05, 4.69) is 35.9 Å². The molecule has 1 aromatic rings. The van der Waals surface area contributed by atoms with Gasteiger partial charge in [-0.1, -0.05) is 39.5 Å². The van der Waals surface area contributed by atoms with Crippen LogP contribution in [0.2, 0.25) is 0 Å². The molecular weight excluding hydrogens is 248 g/mol. The Balaban J connectivity index is 1.91. The number of hydrogen-bond acceptors (Lipinski definition) is 2. The first kappa shape index (κ1) is 15.6. The van der Waals surface area contributed by atoms with E-state index in [9.17, 15) is 5.11 Å². The number of nitrogens with zero attached hydrogens (tertiary/aromatic N) is 2. The monoisotopic (exact) mass is 278 g/mol. The number of aromatic nitrogens is 2. The van der Waals surface area contributed by atoms with Crippen LogP contribution < -0.4 is 0 Å². The lowest BCUT2D eigenvalue weighted by Crippen LogP contribution is -2.23. The molecule has 0 spiro atoms. The van der Waals surface area contributed by atoms with Crippen LogP contribution in [0.15, 0.2) is 12.3 Å². The zero-order valence-electron chi connectivity index (χ0n) is 13.1. The molecule has 20 heavy (non-hydrogen) atoms. The molecule has 1 aliphatic carbocycles. The molecule has 1 heterocycles. The van der Waals surface area contributed by atoms with Crippen molar-refractivity contribution >= 4 is 0 Å². The maximum atomic E-state index is 10.5. The summed E-state index contributed by atoms with van der Waals surface area (Å²) in [5, 5.41) is 15.1. The van der Waals surface area contributed by atoms with Gasteiger partial charge in [-0.2, -0.15) is 5.10 Å². The highest BCUT2D eigenvalue weighted by Crippen LogP contribution is 2.27. The Hall–Kier alpha value is -0.830. The highest BCUT2D eigenvalue weighted by Gasteiger charge is 2.22. The van der Waals surface area contributed by atoms with E-state index in [1.165, 1.54) is 38.5 Å². The van der Waals surface area contributed by atoms with Crippen molar-refractivity contribution in [3.63, 3.8) is 0 Å². The predicted octanol–water partition coefficient (Wildman–Crippen LogP) is 4.12. The second kappa shape index (κ2) is 7.82. The van der Waals surface area contributed by atoms with E-state index in [0.717, 1.165) is 25.0 Å². The molecule has 0 radical (unpaired) electrons. The molecule has 0 bridgehead atoms. The number of aliphatic hydroxyl groups excluding tert-OH is 1. The quantitative estimate of drug-likeness (QED) is 0.795. The second-order valence-electron chi connectivity index (χ2n) is 6.28. The summed E-state index contributed by atoms with van der Waals surface area (Å²) in [6, 6.07) is 2.58. The van der Waals surface area contributed by atoms with Gasteiger partial charge in [0.15, 0.2) is 0 Å². The van der Waals surface area contributed by atoms with Crippen LogP contribution in [0.5, 0.6) is 0 Å². The number of rotatable bonds is 6. The fourth-order valence-corrected chi connectivity index (χ4v) is 3.43. The molecule has 1 aromatic heterocycles. The molecule has 1 atom stereocenters. The largest absolute Gasteiger partial charge is 0.392 e. The normalized spacial score (nSPS) is 19.2. The molecule has 114 valence electrons. The van der Waals surface area contributed by atoms with Gasteiger partial charge in [-0.25, -0.2) is 0 Å². The smallest absolute Gasteiger partial charge is 0.0650 e. The summed E-state index contributed by atoms with van der Waals surface area (Å²) in [5.41, 5.74) is 1.05. The highest BCUT2D eigenvalue weighted by molar-refractivity contribution is 5.02. The van der Waals surface area contributed by atoms with E-state index in [4.69, 9.17) is 0 Å². The standard InChI is InChI=1S/C17H30N2O/c1-3-16(4-2)19-12-11-15(18-19)13-17(20)14-9-7-5-6-8-10-14/h11-12,14,16-17,20H,3-10,13H2,1-2H3. The van der Waals surface area contributed by atoms with Gasteiger partial charge in [0.2, 0.25) is 0 Å². The lowest BCUT2D eigenvalue weighted by Gasteiger charge is -2.20. The Bertz CT molecular complexity index is 376. The molecule has 0 aromatic carbocycles. The van der Waals surface area contributed by atoms with Crippen LogP contribution in [0.4, 0.5) is 0 Å². The van der Waals surface area contributed by atoms with Crippen LogP contribution in [0, 0.1) is 5.92 Å². The van der Waals surface area contributed by atoms with E-state index in [1.807, 2.05) is 0 Å². The molecule has 0 amide bonds. The molecule has 1 saturated carbocycles. The average molecular weight is 278 g/mol.